The van der Waals surface area contributed by atoms with E-state index in [0.29, 0.717) is 6.42 Å². The molecule has 2 N–H and O–H groups in total. The van der Waals surface area contributed by atoms with Crippen LogP contribution < -0.4 is 5.32 Å². The Balaban J connectivity index is 4.34. The first kappa shape index (κ1) is 48.5. The van der Waals surface area contributed by atoms with Gasteiger partial charge in [-0.25, -0.2) is 4.57 Å². The van der Waals surface area contributed by atoms with Gasteiger partial charge in [-0.1, -0.05) is 168 Å². The highest BCUT2D eigenvalue weighted by atomic mass is 31.2. The molecular formula is C39H76NO9P. The third kappa shape index (κ3) is 36.3. The molecule has 2 atom stereocenters. The fraction of sp³-hybridized carbons (Fsp3) is 0.923. The van der Waals surface area contributed by atoms with Gasteiger partial charge >= 0.3 is 19.8 Å². The van der Waals surface area contributed by atoms with Gasteiger partial charge in [0, 0.05) is 26.3 Å². The van der Waals surface area contributed by atoms with Crippen molar-refractivity contribution in [3.63, 3.8) is 0 Å². The zero-order chi connectivity index (χ0) is 37.0. The molecular weight excluding hydrogens is 657 g/mol. The summed E-state index contributed by atoms with van der Waals surface area (Å²) in [7, 11) is -4.48. The third-order valence-corrected chi connectivity index (χ3v) is 9.84. The van der Waals surface area contributed by atoms with Crippen molar-refractivity contribution in [1.82, 2.24) is 5.32 Å². The van der Waals surface area contributed by atoms with Gasteiger partial charge in [0.1, 0.15) is 6.61 Å². The molecule has 0 saturated heterocycles. The molecule has 0 aliphatic carbocycles. The van der Waals surface area contributed by atoms with E-state index in [4.69, 9.17) is 18.5 Å². The van der Waals surface area contributed by atoms with E-state index < -0.39 is 32.5 Å². The van der Waals surface area contributed by atoms with E-state index in [1.165, 1.54) is 129 Å². The Kier molecular flexibility index (Phi) is 34.8. The molecule has 0 bridgehead atoms. The fourth-order valence-corrected chi connectivity index (χ4v) is 6.55. The van der Waals surface area contributed by atoms with E-state index in [1.807, 2.05) is 0 Å². The van der Waals surface area contributed by atoms with Crippen LogP contribution in [0.5, 0.6) is 0 Å². The van der Waals surface area contributed by atoms with Gasteiger partial charge in [0.05, 0.1) is 13.2 Å². The van der Waals surface area contributed by atoms with Gasteiger partial charge < -0.3 is 19.7 Å². The van der Waals surface area contributed by atoms with Crippen LogP contribution in [0.25, 0.3) is 0 Å². The number of carbonyl (C=O) groups excluding carboxylic acids is 3. The lowest BCUT2D eigenvalue weighted by atomic mass is 10.0. The number of rotatable bonds is 38. The average Bonchev–Trinajstić information content (AvgIpc) is 3.08. The first-order valence-electron chi connectivity index (χ1n) is 20.4. The lowest BCUT2D eigenvalue weighted by Crippen LogP contribution is -2.30. The summed E-state index contributed by atoms with van der Waals surface area (Å²) in [6.07, 6.45) is 30.9. The van der Waals surface area contributed by atoms with Gasteiger partial charge in [-0.2, -0.15) is 0 Å². The van der Waals surface area contributed by atoms with E-state index in [9.17, 15) is 23.8 Å². The minimum absolute atomic E-state index is 0.0393. The van der Waals surface area contributed by atoms with Crippen LogP contribution in [0.4, 0.5) is 0 Å². The molecule has 0 aliphatic rings. The quantitative estimate of drug-likeness (QED) is 0.0361. The fourth-order valence-electron chi connectivity index (χ4n) is 5.80. The highest BCUT2D eigenvalue weighted by molar-refractivity contribution is 7.47. The standard InChI is InChI=1S/C39H76NO9P/c1-4-6-8-10-12-14-16-18-20-22-24-26-28-30-38(42)46-34-37(35-48-50(44,45)47-33-32-40-36(3)41)49-39(43)31-29-27-25-23-21-19-17-15-13-11-9-7-5-2/h37H,4-35H2,1-3H3,(H,40,41)(H,44,45)/t37-/m1/s1. The number of nitrogens with one attached hydrogen (secondary N) is 1. The number of phosphoric acid groups is 1. The Bertz CT molecular complexity index is 857. The average molecular weight is 734 g/mol. The monoisotopic (exact) mass is 734 g/mol. The maximum Gasteiger partial charge on any atom is 0.472 e. The molecule has 0 heterocycles. The molecule has 1 unspecified atom stereocenters. The van der Waals surface area contributed by atoms with Crippen LogP contribution in [0.1, 0.15) is 201 Å². The Morgan fingerprint density at radius 3 is 1.34 bits per heavy atom. The molecule has 0 aromatic rings. The largest absolute Gasteiger partial charge is 0.472 e. The number of ether oxygens (including phenoxy) is 2. The molecule has 0 aromatic carbocycles. The van der Waals surface area contributed by atoms with Crippen molar-refractivity contribution in [3.05, 3.63) is 0 Å². The van der Waals surface area contributed by atoms with Crippen molar-refractivity contribution in [2.75, 3.05) is 26.4 Å². The number of hydrogen-bond acceptors (Lipinski definition) is 8. The Morgan fingerprint density at radius 1 is 0.560 bits per heavy atom. The first-order chi connectivity index (χ1) is 24.2. The van der Waals surface area contributed by atoms with Crippen molar-refractivity contribution in [1.29, 1.82) is 0 Å². The van der Waals surface area contributed by atoms with Crippen LogP contribution in [0.2, 0.25) is 0 Å². The summed E-state index contributed by atoms with van der Waals surface area (Å²) in [5.74, 6) is -1.16. The molecule has 11 heteroatoms. The molecule has 296 valence electrons. The SMILES string of the molecule is CCCCCCCCCCCCCCCC(=O)OC[C@H](COP(=O)(O)OCCNC(C)=O)OC(=O)CCCCCCCCCCCCCCC. The zero-order valence-corrected chi connectivity index (χ0v) is 33.3. The van der Waals surface area contributed by atoms with Gasteiger partial charge in [-0.3, -0.25) is 23.4 Å². The van der Waals surface area contributed by atoms with Crippen LogP contribution in [0, 0.1) is 0 Å². The number of amides is 1. The smallest absolute Gasteiger partial charge is 0.462 e. The summed E-state index contributed by atoms with van der Waals surface area (Å²) >= 11 is 0. The van der Waals surface area contributed by atoms with E-state index in [1.54, 1.807) is 0 Å². The third-order valence-electron chi connectivity index (χ3n) is 8.85. The molecule has 0 aromatic heterocycles. The number of unbranched alkanes of at least 4 members (excludes halogenated alkanes) is 24. The molecule has 0 saturated carbocycles. The summed E-state index contributed by atoms with van der Waals surface area (Å²) < 4.78 is 33.1. The number of carbonyl (C=O) groups is 3. The Labute approximate surface area is 305 Å². The Hall–Kier alpha value is -1.48. The van der Waals surface area contributed by atoms with Crippen molar-refractivity contribution in [2.24, 2.45) is 0 Å². The van der Waals surface area contributed by atoms with Crippen molar-refractivity contribution >= 4 is 25.7 Å². The van der Waals surface area contributed by atoms with Gasteiger partial charge in [-0.15, -0.1) is 0 Å². The normalized spacial score (nSPS) is 13.1. The molecule has 0 rings (SSSR count). The second-order valence-electron chi connectivity index (χ2n) is 13.9. The Morgan fingerprint density at radius 2 is 0.940 bits per heavy atom. The molecule has 0 spiro atoms. The van der Waals surface area contributed by atoms with E-state index in [2.05, 4.69) is 19.2 Å². The number of hydrogen-bond donors (Lipinski definition) is 2. The summed E-state index contributed by atoms with van der Waals surface area (Å²) in [5, 5.41) is 2.46. The molecule has 10 nitrogen and oxygen atoms in total. The summed E-state index contributed by atoms with van der Waals surface area (Å²) in [6.45, 7) is 4.88. The summed E-state index contributed by atoms with van der Waals surface area (Å²) in [4.78, 5) is 46.0. The van der Waals surface area contributed by atoms with Crippen molar-refractivity contribution in [2.45, 2.75) is 207 Å². The predicted molar refractivity (Wildman–Crippen MR) is 202 cm³/mol. The van der Waals surface area contributed by atoms with E-state index in [-0.39, 0.29) is 38.5 Å². The van der Waals surface area contributed by atoms with Crippen LogP contribution in [0.3, 0.4) is 0 Å². The molecule has 0 aliphatic heterocycles. The first-order valence-corrected chi connectivity index (χ1v) is 21.9. The zero-order valence-electron chi connectivity index (χ0n) is 32.4. The second-order valence-corrected chi connectivity index (χ2v) is 15.3. The van der Waals surface area contributed by atoms with Crippen LogP contribution in [-0.4, -0.2) is 55.2 Å². The topological polar surface area (TPSA) is 137 Å². The predicted octanol–water partition coefficient (Wildman–Crippen LogP) is 10.7. The highest BCUT2D eigenvalue weighted by Gasteiger charge is 2.26. The van der Waals surface area contributed by atoms with Crippen LogP contribution >= 0.6 is 7.82 Å². The van der Waals surface area contributed by atoms with E-state index in [0.717, 1.165) is 38.5 Å². The number of esters is 2. The number of phosphoric ester groups is 1. The van der Waals surface area contributed by atoms with Gasteiger partial charge in [0.15, 0.2) is 6.10 Å². The lowest BCUT2D eigenvalue weighted by Gasteiger charge is -2.20. The maximum atomic E-state index is 12.6. The van der Waals surface area contributed by atoms with Crippen molar-refractivity contribution < 1.29 is 42.4 Å². The molecule has 50 heavy (non-hydrogen) atoms. The molecule has 1 amide bonds. The second kappa shape index (κ2) is 35.9. The lowest BCUT2D eigenvalue weighted by molar-refractivity contribution is -0.161. The van der Waals surface area contributed by atoms with Gasteiger partial charge in [0.2, 0.25) is 5.91 Å². The minimum Gasteiger partial charge on any atom is -0.462 e. The minimum atomic E-state index is -4.48. The summed E-state index contributed by atoms with van der Waals surface area (Å²) in [5.41, 5.74) is 0. The van der Waals surface area contributed by atoms with Gasteiger partial charge in [-0.05, 0) is 12.8 Å². The maximum absolute atomic E-state index is 12.6. The van der Waals surface area contributed by atoms with Crippen LogP contribution in [-0.2, 0) is 37.5 Å². The van der Waals surface area contributed by atoms with E-state index >= 15 is 0 Å². The van der Waals surface area contributed by atoms with Gasteiger partial charge in [0.25, 0.3) is 0 Å². The van der Waals surface area contributed by atoms with Crippen molar-refractivity contribution in [3.8, 4) is 0 Å². The molecule has 0 radical (unpaired) electrons. The van der Waals surface area contributed by atoms with Crippen LogP contribution in [0.15, 0.2) is 0 Å². The summed E-state index contributed by atoms with van der Waals surface area (Å²) in [6, 6.07) is 0. The molecule has 0 fully saturated rings. The highest BCUT2D eigenvalue weighted by Crippen LogP contribution is 2.43.